The van der Waals surface area contributed by atoms with Crippen LogP contribution in [0.4, 0.5) is 0 Å². The predicted molar refractivity (Wildman–Crippen MR) is 99.8 cm³/mol. The van der Waals surface area contributed by atoms with Crippen molar-refractivity contribution in [3.05, 3.63) is 35.4 Å². The van der Waals surface area contributed by atoms with Gasteiger partial charge in [-0.2, -0.15) is 0 Å². The second-order valence-corrected chi connectivity index (χ2v) is 7.91. The number of aryl methyl sites for hydroxylation is 1. The highest BCUT2D eigenvalue weighted by molar-refractivity contribution is 5.79. The van der Waals surface area contributed by atoms with E-state index in [4.69, 9.17) is 0 Å². The van der Waals surface area contributed by atoms with E-state index in [9.17, 15) is 14.7 Å². The van der Waals surface area contributed by atoms with E-state index in [1.807, 2.05) is 9.80 Å². The van der Waals surface area contributed by atoms with Gasteiger partial charge in [-0.3, -0.25) is 19.4 Å². The summed E-state index contributed by atoms with van der Waals surface area (Å²) in [5, 5.41) is 9.32. The van der Waals surface area contributed by atoms with Crippen LogP contribution < -0.4 is 0 Å². The fourth-order valence-corrected chi connectivity index (χ4v) is 3.84. The highest BCUT2D eigenvalue weighted by Crippen LogP contribution is 2.29. The first kappa shape index (κ1) is 18.9. The molecule has 0 bridgehead atoms. The maximum absolute atomic E-state index is 12.6. The molecule has 3 rings (SSSR count). The number of carboxylic acid groups (broad SMARTS) is 1. The van der Waals surface area contributed by atoms with E-state index in [2.05, 4.69) is 36.1 Å². The number of carbonyl (C=O) groups is 2. The Labute approximate surface area is 155 Å². The summed E-state index contributed by atoms with van der Waals surface area (Å²) in [5.41, 5.74) is 1.94. The van der Waals surface area contributed by atoms with E-state index in [-0.39, 0.29) is 5.91 Å². The number of likely N-dealkylation sites (tertiary alicyclic amines) is 1. The first-order chi connectivity index (χ1) is 12.4. The zero-order valence-electron chi connectivity index (χ0n) is 15.8. The normalized spacial score (nSPS) is 24.8. The highest BCUT2D eigenvalue weighted by atomic mass is 16.4. The molecular formula is C20H29N3O3. The lowest BCUT2D eigenvalue weighted by atomic mass is 9.90. The van der Waals surface area contributed by atoms with Crippen LogP contribution in [0.5, 0.6) is 0 Å². The number of carboxylic acids is 1. The molecule has 0 spiro atoms. The van der Waals surface area contributed by atoms with Crippen molar-refractivity contribution in [1.82, 2.24) is 14.7 Å². The third-order valence-electron chi connectivity index (χ3n) is 5.81. The molecule has 2 aliphatic heterocycles. The lowest BCUT2D eigenvalue weighted by Gasteiger charge is -2.35. The van der Waals surface area contributed by atoms with Crippen LogP contribution in [-0.2, 0) is 16.1 Å². The number of hydrogen-bond acceptors (Lipinski definition) is 4. The number of rotatable bonds is 5. The summed E-state index contributed by atoms with van der Waals surface area (Å²) in [7, 11) is 0. The van der Waals surface area contributed by atoms with Gasteiger partial charge in [0.25, 0.3) is 0 Å². The SMILES string of the molecule is Cc1ccccc1CN1CCN(C(=O)CN2CCC(C)(C(=O)O)C2)CC1. The van der Waals surface area contributed by atoms with Gasteiger partial charge in [0.15, 0.2) is 0 Å². The second-order valence-electron chi connectivity index (χ2n) is 7.91. The van der Waals surface area contributed by atoms with Gasteiger partial charge in [-0.05, 0) is 37.9 Å². The summed E-state index contributed by atoms with van der Waals surface area (Å²) >= 11 is 0. The Kier molecular flexibility index (Phi) is 5.63. The molecule has 26 heavy (non-hydrogen) atoms. The minimum absolute atomic E-state index is 0.121. The van der Waals surface area contributed by atoms with Crippen LogP contribution in [0.15, 0.2) is 24.3 Å². The van der Waals surface area contributed by atoms with Gasteiger partial charge in [0.05, 0.1) is 12.0 Å². The maximum Gasteiger partial charge on any atom is 0.310 e. The molecule has 0 saturated carbocycles. The molecule has 2 saturated heterocycles. The monoisotopic (exact) mass is 359 g/mol. The molecule has 6 nitrogen and oxygen atoms in total. The summed E-state index contributed by atoms with van der Waals surface area (Å²) in [6.45, 7) is 9.56. The molecule has 0 radical (unpaired) electrons. The van der Waals surface area contributed by atoms with Crippen molar-refractivity contribution < 1.29 is 14.7 Å². The summed E-state index contributed by atoms with van der Waals surface area (Å²) in [5.74, 6) is -0.646. The topological polar surface area (TPSA) is 64.1 Å². The van der Waals surface area contributed by atoms with Crippen LogP contribution >= 0.6 is 0 Å². The standard InChI is InChI=1S/C20H29N3O3/c1-16-5-3-4-6-17(16)13-21-9-11-23(12-10-21)18(24)14-22-8-7-20(2,15-22)19(25)26/h3-6H,7-15H2,1-2H3,(H,25,26). The summed E-state index contributed by atoms with van der Waals surface area (Å²) < 4.78 is 0. The first-order valence-corrected chi connectivity index (χ1v) is 9.38. The Morgan fingerprint density at radius 3 is 2.38 bits per heavy atom. The third kappa shape index (κ3) is 4.24. The number of aliphatic carboxylic acids is 1. The molecule has 6 heteroatoms. The van der Waals surface area contributed by atoms with Crippen LogP contribution in [0.1, 0.15) is 24.5 Å². The number of piperazine rings is 1. The molecule has 2 fully saturated rings. The minimum atomic E-state index is -0.766. The van der Waals surface area contributed by atoms with Crippen molar-refractivity contribution in [3.63, 3.8) is 0 Å². The van der Waals surface area contributed by atoms with E-state index < -0.39 is 11.4 Å². The lowest BCUT2D eigenvalue weighted by molar-refractivity contribution is -0.147. The Bertz CT molecular complexity index is 670. The van der Waals surface area contributed by atoms with Gasteiger partial charge >= 0.3 is 5.97 Å². The van der Waals surface area contributed by atoms with E-state index in [1.54, 1.807) is 6.92 Å². The summed E-state index contributed by atoms with van der Waals surface area (Å²) in [6, 6.07) is 8.43. The van der Waals surface area contributed by atoms with E-state index >= 15 is 0 Å². The maximum atomic E-state index is 12.6. The summed E-state index contributed by atoms with van der Waals surface area (Å²) in [6.07, 6.45) is 0.611. The average Bonchev–Trinajstić information content (AvgIpc) is 3.00. The molecule has 2 heterocycles. The third-order valence-corrected chi connectivity index (χ3v) is 5.81. The molecule has 1 N–H and O–H groups in total. The van der Waals surface area contributed by atoms with Crippen LogP contribution in [0.3, 0.4) is 0 Å². The van der Waals surface area contributed by atoms with Crippen LogP contribution in [0, 0.1) is 12.3 Å². The van der Waals surface area contributed by atoms with E-state index in [0.717, 1.165) is 32.7 Å². The molecule has 1 unspecified atom stereocenters. The molecule has 1 aromatic rings. The Balaban J connectivity index is 1.45. The van der Waals surface area contributed by atoms with Crippen molar-refractivity contribution >= 4 is 11.9 Å². The molecule has 1 amide bonds. The van der Waals surface area contributed by atoms with Gasteiger partial charge < -0.3 is 10.0 Å². The Hall–Kier alpha value is -1.92. The molecule has 1 aromatic carbocycles. The molecule has 0 aliphatic carbocycles. The fourth-order valence-electron chi connectivity index (χ4n) is 3.84. The first-order valence-electron chi connectivity index (χ1n) is 9.38. The fraction of sp³-hybridized carbons (Fsp3) is 0.600. The van der Waals surface area contributed by atoms with E-state index in [0.29, 0.717) is 26.1 Å². The zero-order valence-corrected chi connectivity index (χ0v) is 15.8. The van der Waals surface area contributed by atoms with Gasteiger partial charge in [0, 0.05) is 39.3 Å². The van der Waals surface area contributed by atoms with Gasteiger partial charge in [0.1, 0.15) is 0 Å². The van der Waals surface area contributed by atoms with Crippen molar-refractivity contribution in [3.8, 4) is 0 Å². The summed E-state index contributed by atoms with van der Waals surface area (Å²) in [4.78, 5) is 30.2. The van der Waals surface area contributed by atoms with Gasteiger partial charge in [-0.25, -0.2) is 0 Å². The predicted octanol–water partition coefficient (Wildman–Crippen LogP) is 1.44. The Morgan fingerprint density at radius 2 is 1.77 bits per heavy atom. The van der Waals surface area contributed by atoms with E-state index in [1.165, 1.54) is 11.1 Å². The van der Waals surface area contributed by atoms with Crippen molar-refractivity contribution in [2.45, 2.75) is 26.8 Å². The van der Waals surface area contributed by atoms with Gasteiger partial charge in [-0.1, -0.05) is 24.3 Å². The van der Waals surface area contributed by atoms with Crippen molar-refractivity contribution in [2.24, 2.45) is 5.41 Å². The number of amides is 1. The zero-order chi connectivity index (χ0) is 18.7. The quantitative estimate of drug-likeness (QED) is 0.862. The number of carbonyl (C=O) groups excluding carboxylic acids is 1. The van der Waals surface area contributed by atoms with Crippen molar-refractivity contribution in [1.29, 1.82) is 0 Å². The smallest absolute Gasteiger partial charge is 0.310 e. The number of nitrogens with zero attached hydrogens (tertiary/aromatic N) is 3. The number of hydrogen-bond donors (Lipinski definition) is 1. The highest BCUT2D eigenvalue weighted by Gasteiger charge is 2.41. The molecule has 0 aromatic heterocycles. The molecule has 142 valence electrons. The molecule has 2 aliphatic rings. The van der Waals surface area contributed by atoms with Crippen LogP contribution in [0.25, 0.3) is 0 Å². The van der Waals surface area contributed by atoms with Crippen LogP contribution in [0.2, 0.25) is 0 Å². The second kappa shape index (κ2) is 7.76. The Morgan fingerprint density at radius 1 is 1.08 bits per heavy atom. The van der Waals surface area contributed by atoms with Crippen molar-refractivity contribution in [2.75, 3.05) is 45.8 Å². The lowest BCUT2D eigenvalue weighted by Crippen LogP contribution is -2.50. The number of benzene rings is 1. The molecule has 1 atom stereocenters. The minimum Gasteiger partial charge on any atom is -0.481 e. The average molecular weight is 359 g/mol. The van der Waals surface area contributed by atoms with Gasteiger partial charge in [-0.15, -0.1) is 0 Å². The van der Waals surface area contributed by atoms with Crippen LogP contribution in [-0.4, -0.2) is 77.5 Å². The largest absolute Gasteiger partial charge is 0.481 e. The molecular weight excluding hydrogens is 330 g/mol. The van der Waals surface area contributed by atoms with Gasteiger partial charge in [0.2, 0.25) is 5.91 Å².